The van der Waals surface area contributed by atoms with Crippen LogP contribution in [0.3, 0.4) is 0 Å². The van der Waals surface area contributed by atoms with Crippen molar-refractivity contribution in [2.45, 2.75) is 44.4 Å². The van der Waals surface area contributed by atoms with Gasteiger partial charge in [0.15, 0.2) is 0 Å². The minimum Gasteiger partial charge on any atom is -0.494 e. The van der Waals surface area contributed by atoms with E-state index in [-0.39, 0.29) is 11.7 Å². The molecule has 2 fully saturated rings. The molecular weight excluding hydrogens is 419 g/mol. The second-order valence-corrected chi connectivity index (χ2v) is 9.40. The SMILES string of the molecule is CC1CCCN(CCCOc2ccc(NC(=O)C3(c4ccccc4F)CCOCC3)cc2)C1. The highest BCUT2D eigenvalue weighted by Gasteiger charge is 2.43. The molecule has 0 spiro atoms. The van der Waals surface area contributed by atoms with Crippen LogP contribution >= 0.6 is 0 Å². The molecule has 0 radical (unpaired) electrons. The average Bonchev–Trinajstić information content (AvgIpc) is 2.83. The van der Waals surface area contributed by atoms with Crippen LogP contribution < -0.4 is 10.1 Å². The van der Waals surface area contributed by atoms with Crippen molar-refractivity contribution >= 4 is 11.6 Å². The second kappa shape index (κ2) is 11.1. The normalized spacial score (nSPS) is 20.8. The molecule has 2 aliphatic heterocycles. The van der Waals surface area contributed by atoms with Gasteiger partial charge in [-0.3, -0.25) is 4.79 Å². The van der Waals surface area contributed by atoms with Crippen molar-refractivity contribution < 1.29 is 18.7 Å². The largest absolute Gasteiger partial charge is 0.494 e. The molecule has 2 heterocycles. The van der Waals surface area contributed by atoms with E-state index >= 15 is 0 Å². The van der Waals surface area contributed by atoms with Gasteiger partial charge in [-0.1, -0.05) is 25.1 Å². The van der Waals surface area contributed by atoms with Crippen LogP contribution in [0.15, 0.2) is 48.5 Å². The first-order chi connectivity index (χ1) is 16.1. The van der Waals surface area contributed by atoms with E-state index in [2.05, 4.69) is 17.1 Å². The van der Waals surface area contributed by atoms with Gasteiger partial charge in [0.05, 0.1) is 12.0 Å². The zero-order valence-corrected chi connectivity index (χ0v) is 19.5. The summed E-state index contributed by atoms with van der Waals surface area (Å²) in [4.78, 5) is 15.9. The summed E-state index contributed by atoms with van der Waals surface area (Å²) < 4.78 is 26.0. The molecule has 1 unspecified atom stereocenters. The zero-order chi connectivity index (χ0) is 23.1. The first-order valence-corrected chi connectivity index (χ1v) is 12.2. The molecule has 0 bridgehead atoms. The van der Waals surface area contributed by atoms with Gasteiger partial charge in [-0.2, -0.15) is 0 Å². The maximum atomic E-state index is 14.6. The van der Waals surface area contributed by atoms with Gasteiger partial charge in [0, 0.05) is 37.6 Å². The minimum atomic E-state index is -0.926. The fourth-order valence-electron chi connectivity index (χ4n) is 5.04. The van der Waals surface area contributed by atoms with Crippen molar-refractivity contribution in [1.29, 1.82) is 0 Å². The third-order valence-electron chi connectivity index (χ3n) is 6.91. The highest BCUT2D eigenvalue weighted by atomic mass is 19.1. The van der Waals surface area contributed by atoms with E-state index in [4.69, 9.17) is 9.47 Å². The number of carbonyl (C=O) groups excluding carboxylic acids is 1. The number of likely N-dealkylation sites (tertiary alicyclic amines) is 1. The van der Waals surface area contributed by atoms with Gasteiger partial charge in [-0.25, -0.2) is 4.39 Å². The Kier molecular flexibility index (Phi) is 7.99. The van der Waals surface area contributed by atoms with Crippen molar-refractivity contribution in [1.82, 2.24) is 4.90 Å². The van der Waals surface area contributed by atoms with Crippen LogP contribution in [0.5, 0.6) is 5.75 Å². The van der Waals surface area contributed by atoms with Crippen molar-refractivity contribution in [2.75, 3.05) is 44.8 Å². The zero-order valence-electron chi connectivity index (χ0n) is 19.5. The number of rotatable bonds is 8. The lowest BCUT2D eigenvalue weighted by molar-refractivity contribution is -0.125. The first kappa shape index (κ1) is 23.7. The van der Waals surface area contributed by atoms with Crippen LogP contribution in [0, 0.1) is 11.7 Å². The van der Waals surface area contributed by atoms with Crippen LogP contribution in [-0.2, 0) is 14.9 Å². The molecule has 2 saturated heterocycles. The number of hydrogen-bond donors (Lipinski definition) is 1. The highest BCUT2D eigenvalue weighted by Crippen LogP contribution is 2.37. The van der Waals surface area contributed by atoms with Gasteiger partial charge in [0.2, 0.25) is 5.91 Å². The molecule has 6 heteroatoms. The topological polar surface area (TPSA) is 50.8 Å². The molecule has 0 aliphatic carbocycles. The van der Waals surface area contributed by atoms with E-state index in [1.165, 1.54) is 32.0 Å². The van der Waals surface area contributed by atoms with Crippen molar-refractivity contribution in [3.8, 4) is 5.75 Å². The number of nitrogens with one attached hydrogen (secondary N) is 1. The number of anilines is 1. The fraction of sp³-hybridized carbons (Fsp3) is 0.519. The van der Waals surface area contributed by atoms with Crippen LogP contribution in [0.1, 0.15) is 44.6 Å². The van der Waals surface area contributed by atoms with Crippen molar-refractivity contribution in [3.05, 3.63) is 59.9 Å². The summed E-state index contributed by atoms with van der Waals surface area (Å²) >= 11 is 0. The smallest absolute Gasteiger partial charge is 0.235 e. The average molecular weight is 455 g/mol. The molecule has 178 valence electrons. The van der Waals surface area contributed by atoms with Crippen LogP contribution in [0.4, 0.5) is 10.1 Å². The number of amides is 1. The third-order valence-corrected chi connectivity index (χ3v) is 6.91. The predicted molar refractivity (Wildman–Crippen MR) is 128 cm³/mol. The molecule has 2 aromatic rings. The Morgan fingerprint density at radius 1 is 1.18 bits per heavy atom. The lowest BCUT2D eigenvalue weighted by atomic mass is 9.73. The molecule has 33 heavy (non-hydrogen) atoms. The summed E-state index contributed by atoms with van der Waals surface area (Å²) in [6, 6.07) is 14.0. The quantitative estimate of drug-likeness (QED) is 0.570. The molecular formula is C27H35FN2O3. The molecule has 1 N–H and O–H groups in total. The number of halogens is 1. The molecule has 2 aromatic carbocycles. The van der Waals surface area contributed by atoms with Gasteiger partial charge >= 0.3 is 0 Å². The number of hydrogen-bond acceptors (Lipinski definition) is 4. The van der Waals surface area contributed by atoms with E-state index in [0.717, 1.165) is 24.6 Å². The molecule has 2 aliphatic rings. The van der Waals surface area contributed by atoms with Gasteiger partial charge in [0.25, 0.3) is 0 Å². The summed E-state index contributed by atoms with van der Waals surface area (Å²) in [7, 11) is 0. The van der Waals surface area contributed by atoms with Gasteiger partial charge < -0.3 is 19.7 Å². The summed E-state index contributed by atoms with van der Waals surface area (Å²) in [5.41, 5.74) is 0.191. The summed E-state index contributed by atoms with van der Waals surface area (Å²) in [6.45, 7) is 7.32. The Hall–Kier alpha value is -2.44. The van der Waals surface area contributed by atoms with Crippen molar-refractivity contribution in [2.24, 2.45) is 5.92 Å². The summed E-state index contributed by atoms with van der Waals surface area (Å²) in [5.74, 6) is 1.04. The Morgan fingerprint density at radius 2 is 1.94 bits per heavy atom. The van der Waals surface area contributed by atoms with Gasteiger partial charge in [-0.05, 0) is 74.9 Å². The number of carbonyl (C=O) groups is 1. The first-order valence-electron chi connectivity index (χ1n) is 12.2. The maximum absolute atomic E-state index is 14.6. The van der Waals surface area contributed by atoms with E-state index in [0.29, 0.717) is 43.9 Å². The molecule has 0 aromatic heterocycles. The fourth-order valence-corrected chi connectivity index (χ4v) is 5.04. The number of piperidine rings is 1. The van der Waals surface area contributed by atoms with Gasteiger partial charge in [-0.15, -0.1) is 0 Å². The molecule has 5 nitrogen and oxygen atoms in total. The molecule has 1 atom stereocenters. The van der Waals surface area contributed by atoms with E-state index in [1.807, 2.05) is 24.3 Å². The summed E-state index contributed by atoms with van der Waals surface area (Å²) in [5, 5.41) is 3.00. The maximum Gasteiger partial charge on any atom is 0.235 e. The van der Waals surface area contributed by atoms with Crippen molar-refractivity contribution in [3.63, 3.8) is 0 Å². The number of ether oxygens (including phenoxy) is 2. The Balaban J connectivity index is 1.32. The van der Waals surface area contributed by atoms with Crippen LogP contribution in [0.25, 0.3) is 0 Å². The summed E-state index contributed by atoms with van der Waals surface area (Å²) in [6.07, 6.45) is 4.54. The Labute approximate surface area is 196 Å². The predicted octanol–water partition coefficient (Wildman–Crippen LogP) is 5.01. The van der Waals surface area contributed by atoms with E-state index < -0.39 is 5.41 Å². The van der Waals surface area contributed by atoms with Crippen LogP contribution in [0.2, 0.25) is 0 Å². The van der Waals surface area contributed by atoms with Crippen LogP contribution in [-0.4, -0.2) is 50.3 Å². The lowest BCUT2D eigenvalue weighted by Crippen LogP contribution is -2.45. The Bertz CT molecular complexity index is 912. The molecule has 1 amide bonds. The minimum absolute atomic E-state index is 0.194. The standard InChI is InChI=1S/C27H35FN2O3/c1-21-6-4-15-30(20-21)16-5-17-33-23-11-9-22(10-12-23)29-26(31)27(13-18-32-19-14-27)24-7-2-3-8-25(24)28/h2-3,7-12,21H,4-6,13-20H2,1H3,(H,29,31). The number of nitrogens with zero attached hydrogens (tertiary/aromatic N) is 1. The van der Waals surface area contributed by atoms with E-state index in [9.17, 15) is 9.18 Å². The Morgan fingerprint density at radius 3 is 2.67 bits per heavy atom. The molecule has 0 saturated carbocycles. The van der Waals surface area contributed by atoms with E-state index in [1.54, 1.807) is 18.2 Å². The lowest BCUT2D eigenvalue weighted by Gasteiger charge is -2.36. The monoisotopic (exact) mass is 454 g/mol. The van der Waals surface area contributed by atoms with Gasteiger partial charge in [0.1, 0.15) is 11.6 Å². The third kappa shape index (κ3) is 5.92. The second-order valence-electron chi connectivity index (χ2n) is 9.40. The molecule has 4 rings (SSSR count). The number of benzene rings is 2. The highest BCUT2D eigenvalue weighted by molar-refractivity contribution is 5.99.